The first kappa shape index (κ1) is 17.2. The largest absolute Gasteiger partial charge is 0.313 e. The highest BCUT2D eigenvalue weighted by molar-refractivity contribution is 7.89. The number of rotatable bonds is 7. The summed E-state index contributed by atoms with van der Waals surface area (Å²) in [7, 11) is -3.08. The molecule has 1 saturated heterocycles. The summed E-state index contributed by atoms with van der Waals surface area (Å²) in [5, 5.41) is 3.28. The van der Waals surface area contributed by atoms with Gasteiger partial charge in [0, 0.05) is 12.6 Å². The van der Waals surface area contributed by atoms with Crippen molar-refractivity contribution in [2.45, 2.75) is 45.6 Å². The van der Waals surface area contributed by atoms with Crippen LogP contribution >= 0.6 is 12.4 Å². The SMILES string of the molecule is CCCC(C)CS(=O)(=O)NCC1CCCN1.Cl. The number of sulfonamides is 1. The molecule has 2 N–H and O–H groups in total. The molecule has 1 aliphatic rings. The van der Waals surface area contributed by atoms with Gasteiger partial charge in [0.15, 0.2) is 0 Å². The van der Waals surface area contributed by atoms with Crippen LogP contribution in [0, 0.1) is 5.92 Å². The summed E-state index contributed by atoms with van der Waals surface area (Å²) in [6.45, 7) is 5.63. The van der Waals surface area contributed by atoms with Crippen LogP contribution in [0.25, 0.3) is 0 Å². The lowest BCUT2D eigenvalue weighted by Gasteiger charge is -2.14. The second-order valence-electron chi connectivity index (χ2n) is 4.82. The molecule has 0 aromatic carbocycles. The molecule has 1 aliphatic heterocycles. The fourth-order valence-electron chi connectivity index (χ4n) is 2.17. The van der Waals surface area contributed by atoms with Crippen molar-refractivity contribution in [3.8, 4) is 0 Å². The standard InChI is InChI=1S/C11H24N2O2S.ClH/c1-3-5-10(2)9-16(14,15)13-8-11-6-4-7-12-11;/h10-13H,3-9H2,1-2H3;1H. The number of hydrogen-bond acceptors (Lipinski definition) is 3. The minimum absolute atomic E-state index is 0. The molecule has 104 valence electrons. The molecule has 1 fully saturated rings. The minimum Gasteiger partial charge on any atom is -0.313 e. The van der Waals surface area contributed by atoms with Crippen LogP contribution in [-0.4, -0.2) is 33.3 Å². The van der Waals surface area contributed by atoms with Crippen molar-refractivity contribution in [3.63, 3.8) is 0 Å². The molecule has 1 rings (SSSR count). The van der Waals surface area contributed by atoms with E-state index in [9.17, 15) is 8.42 Å². The van der Waals surface area contributed by atoms with Crippen LogP contribution in [0.3, 0.4) is 0 Å². The highest BCUT2D eigenvalue weighted by Crippen LogP contribution is 2.08. The molecular formula is C11H25ClN2O2S. The lowest BCUT2D eigenvalue weighted by molar-refractivity contribution is 0.524. The highest BCUT2D eigenvalue weighted by atomic mass is 35.5. The van der Waals surface area contributed by atoms with E-state index in [0.717, 1.165) is 32.2 Å². The van der Waals surface area contributed by atoms with E-state index in [2.05, 4.69) is 17.0 Å². The van der Waals surface area contributed by atoms with Gasteiger partial charge in [0.25, 0.3) is 0 Å². The Kier molecular flexibility index (Phi) is 8.37. The van der Waals surface area contributed by atoms with Crippen molar-refractivity contribution in [1.29, 1.82) is 0 Å². The van der Waals surface area contributed by atoms with Gasteiger partial charge in [0.1, 0.15) is 0 Å². The van der Waals surface area contributed by atoms with E-state index in [-0.39, 0.29) is 24.1 Å². The van der Waals surface area contributed by atoms with Gasteiger partial charge in [0.2, 0.25) is 10.0 Å². The molecular weight excluding hydrogens is 260 g/mol. The number of halogens is 1. The summed E-state index contributed by atoms with van der Waals surface area (Å²) in [5.74, 6) is 0.507. The van der Waals surface area contributed by atoms with Crippen molar-refractivity contribution in [1.82, 2.24) is 10.0 Å². The number of hydrogen-bond donors (Lipinski definition) is 2. The van der Waals surface area contributed by atoms with Gasteiger partial charge < -0.3 is 5.32 Å². The molecule has 0 aromatic heterocycles. The lowest BCUT2D eigenvalue weighted by atomic mass is 10.1. The van der Waals surface area contributed by atoms with Crippen molar-refractivity contribution in [2.24, 2.45) is 5.92 Å². The Labute approximate surface area is 111 Å². The minimum atomic E-state index is -3.08. The summed E-state index contributed by atoms with van der Waals surface area (Å²) in [4.78, 5) is 0. The highest BCUT2D eigenvalue weighted by Gasteiger charge is 2.19. The van der Waals surface area contributed by atoms with Crippen LogP contribution in [0.1, 0.15) is 39.5 Å². The van der Waals surface area contributed by atoms with Gasteiger partial charge >= 0.3 is 0 Å². The normalized spacial score (nSPS) is 22.1. The summed E-state index contributed by atoms with van der Waals surface area (Å²) < 4.78 is 26.2. The van der Waals surface area contributed by atoms with Crippen LogP contribution in [0.4, 0.5) is 0 Å². The Morgan fingerprint density at radius 2 is 2.18 bits per heavy atom. The van der Waals surface area contributed by atoms with Gasteiger partial charge in [-0.25, -0.2) is 13.1 Å². The Hall–Kier alpha value is 0.160. The van der Waals surface area contributed by atoms with Gasteiger partial charge in [-0.15, -0.1) is 12.4 Å². The van der Waals surface area contributed by atoms with Gasteiger partial charge in [-0.3, -0.25) is 0 Å². The maximum Gasteiger partial charge on any atom is 0.211 e. The molecule has 0 saturated carbocycles. The van der Waals surface area contributed by atoms with E-state index in [1.54, 1.807) is 0 Å². The molecule has 0 bridgehead atoms. The van der Waals surface area contributed by atoms with E-state index in [1.807, 2.05) is 6.92 Å². The zero-order chi connectivity index (χ0) is 12.0. The molecule has 0 amide bonds. The molecule has 4 nitrogen and oxygen atoms in total. The first-order valence-corrected chi connectivity index (χ1v) is 7.89. The smallest absolute Gasteiger partial charge is 0.211 e. The van der Waals surface area contributed by atoms with Crippen molar-refractivity contribution >= 4 is 22.4 Å². The molecule has 2 unspecified atom stereocenters. The Morgan fingerprint density at radius 3 is 2.71 bits per heavy atom. The fraction of sp³-hybridized carbons (Fsp3) is 1.00. The van der Waals surface area contributed by atoms with E-state index in [1.165, 1.54) is 0 Å². The Morgan fingerprint density at radius 1 is 1.47 bits per heavy atom. The van der Waals surface area contributed by atoms with E-state index < -0.39 is 10.0 Å². The van der Waals surface area contributed by atoms with Crippen LogP contribution in [-0.2, 0) is 10.0 Å². The van der Waals surface area contributed by atoms with Crippen molar-refractivity contribution in [2.75, 3.05) is 18.8 Å². The first-order chi connectivity index (χ1) is 7.53. The van der Waals surface area contributed by atoms with Gasteiger partial charge in [0.05, 0.1) is 5.75 Å². The van der Waals surface area contributed by atoms with Gasteiger partial charge in [-0.1, -0.05) is 20.3 Å². The summed E-state index contributed by atoms with van der Waals surface area (Å²) >= 11 is 0. The van der Waals surface area contributed by atoms with E-state index in [4.69, 9.17) is 0 Å². The topological polar surface area (TPSA) is 58.2 Å². The maximum atomic E-state index is 11.7. The molecule has 17 heavy (non-hydrogen) atoms. The molecule has 0 aliphatic carbocycles. The third-order valence-corrected chi connectivity index (χ3v) is 4.61. The van der Waals surface area contributed by atoms with Gasteiger partial charge in [-0.05, 0) is 31.7 Å². The zero-order valence-corrected chi connectivity index (χ0v) is 12.4. The second kappa shape index (κ2) is 8.29. The maximum absolute atomic E-state index is 11.7. The molecule has 1 heterocycles. The molecule has 0 spiro atoms. The van der Waals surface area contributed by atoms with Crippen molar-refractivity contribution in [3.05, 3.63) is 0 Å². The number of nitrogens with one attached hydrogen (secondary N) is 2. The summed E-state index contributed by atoms with van der Waals surface area (Å²) in [6.07, 6.45) is 4.25. The summed E-state index contributed by atoms with van der Waals surface area (Å²) in [5.41, 5.74) is 0. The lowest BCUT2D eigenvalue weighted by Crippen LogP contribution is -2.39. The summed E-state index contributed by atoms with van der Waals surface area (Å²) in [6, 6.07) is 0.330. The first-order valence-electron chi connectivity index (χ1n) is 6.24. The Bertz CT molecular complexity index is 290. The van der Waals surface area contributed by atoms with Crippen LogP contribution in [0.2, 0.25) is 0 Å². The molecule has 2 atom stereocenters. The average Bonchev–Trinajstić information content (AvgIpc) is 2.66. The molecule has 0 radical (unpaired) electrons. The quantitative estimate of drug-likeness (QED) is 0.745. The van der Waals surface area contributed by atoms with Crippen LogP contribution in [0.5, 0.6) is 0 Å². The third kappa shape index (κ3) is 7.24. The van der Waals surface area contributed by atoms with E-state index in [0.29, 0.717) is 12.6 Å². The van der Waals surface area contributed by atoms with Crippen LogP contribution in [0.15, 0.2) is 0 Å². The fourth-order valence-corrected chi connectivity index (χ4v) is 3.66. The molecule has 6 heteroatoms. The van der Waals surface area contributed by atoms with Crippen molar-refractivity contribution < 1.29 is 8.42 Å². The van der Waals surface area contributed by atoms with E-state index >= 15 is 0 Å². The third-order valence-electron chi connectivity index (χ3n) is 3.00. The molecule has 0 aromatic rings. The monoisotopic (exact) mass is 284 g/mol. The zero-order valence-electron chi connectivity index (χ0n) is 10.7. The predicted molar refractivity (Wildman–Crippen MR) is 74.1 cm³/mol. The van der Waals surface area contributed by atoms with Crippen LogP contribution < -0.4 is 10.0 Å². The Balaban J connectivity index is 0.00000256. The average molecular weight is 285 g/mol. The predicted octanol–water partition coefficient (Wildman–Crippen LogP) is 1.52. The van der Waals surface area contributed by atoms with Gasteiger partial charge in [-0.2, -0.15) is 0 Å². The second-order valence-corrected chi connectivity index (χ2v) is 6.67.